The van der Waals surface area contributed by atoms with E-state index in [2.05, 4.69) is 16.7 Å². The molecular formula is C15H25N3O2S. The molecule has 6 heteroatoms. The molecule has 2 rings (SSSR count). The Hall–Kier alpha value is -1.30. The van der Waals surface area contributed by atoms with Crippen molar-refractivity contribution in [2.75, 3.05) is 43.1 Å². The molecule has 0 aromatic carbocycles. The van der Waals surface area contributed by atoms with Crippen molar-refractivity contribution in [2.24, 2.45) is 0 Å². The summed E-state index contributed by atoms with van der Waals surface area (Å²) in [5.74, 6) is 0.511. The summed E-state index contributed by atoms with van der Waals surface area (Å²) in [6.07, 6.45) is 4.72. The van der Waals surface area contributed by atoms with Gasteiger partial charge in [0, 0.05) is 26.7 Å². The van der Waals surface area contributed by atoms with Gasteiger partial charge in [0.05, 0.1) is 6.61 Å². The highest BCUT2D eigenvalue weighted by Crippen LogP contribution is 2.33. The lowest BCUT2D eigenvalue weighted by Gasteiger charge is -2.26. The molecule has 0 aliphatic carbocycles. The quantitative estimate of drug-likeness (QED) is 0.755. The van der Waals surface area contributed by atoms with Crippen molar-refractivity contribution in [2.45, 2.75) is 39.5 Å². The monoisotopic (exact) mass is 311 g/mol. The SMILES string of the molecule is CCCN(C)c1nc(N2CCCCC2)sc1C(=O)OCC. The Morgan fingerprint density at radius 2 is 2.05 bits per heavy atom. The number of rotatable bonds is 6. The number of carbonyl (C=O) groups is 1. The molecule has 118 valence electrons. The van der Waals surface area contributed by atoms with E-state index in [4.69, 9.17) is 9.72 Å². The van der Waals surface area contributed by atoms with Gasteiger partial charge in [-0.2, -0.15) is 0 Å². The minimum atomic E-state index is -0.254. The van der Waals surface area contributed by atoms with Crippen molar-refractivity contribution in [3.63, 3.8) is 0 Å². The molecule has 1 fully saturated rings. The molecule has 0 atom stereocenters. The van der Waals surface area contributed by atoms with Crippen molar-refractivity contribution in [3.05, 3.63) is 4.88 Å². The molecule has 0 radical (unpaired) electrons. The molecule has 0 spiro atoms. The van der Waals surface area contributed by atoms with Crippen LogP contribution in [0.1, 0.15) is 49.2 Å². The van der Waals surface area contributed by atoms with Crippen LogP contribution in [0.5, 0.6) is 0 Å². The topological polar surface area (TPSA) is 45.7 Å². The van der Waals surface area contributed by atoms with Gasteiger partial charge in [0.25, 0.3) is 0 Å². The number of ether oxygens (including phenoxy) is 1. The molecule has 0 unspecified atom stereocenters. The number of hydrogen-bond donors (Lipinski definition) is 0. The van der Waals surface area contributed by atoms with Crippen LogP contribution in [0.3, 0.4) is 0 Å². The van der Waals surface area contributed by atoms with Gasteiger partial charge in [0.1, 0.15) is 0 Å². The fourth-order valence-electron chi connectivity index (χ4n) is 2.55. The van der Waals surface area contributed by atoms with E-state index in [9.17, 15) is 4.79 Å². The summed E-state index contributed by atoms with van der Waals surface area (Å²) in [5, 5.41) is 0.954. The largest absolute Gasteiger partial charge is 0.462 e. The molecule has 2 heterocycles. The number of piperidine rings is 1. The molecular weight excluding hydrogens is 286 g/mol. The van der Waals surface area contributed by atoms with Crippen molar-refractivity contribution >= 4 is 28.3 Å². The zero-order chi connectivity index (χ0) is 15.2. The van der Waals surface area contributed by atoms with Gasteiger partial charge in [-0.3, -0.25) is 0 Å². The average Bonchev–Trinajstić information content (AvgIpc) is 2.94. The van der Waals surface area contributed by atoms with Crippen molar-refractivity contribution < 1.29 is 9.53 Å². The molecule has 0 saturated carbocycles. The molecule has 1 aromatic heterocycles. The predicted octanol–water partition coefficient (Wildman–Crippen LogP) is 3.16. The number of esters is 1. The number of anilines is 2. The van der Waals surface area contributed by atoms with Crippen LogP contribution in [0.25, 0.3) is 0 Å². The highest BCUT2D eigenvalue weighted by atomic mass is 32.1. The maximum Gasteiger partial charge on any atom is 0.352 e. The minimum absolute atomic E-state index is 0.254. The minimum Gasteiger partial charge on any atom is -0.462 e. The van der Waals surface area contributed by atoms with E-state index in [0.29, 0.717) is 11.5 Å². The standard InChI is InChI=1S/C15H25N3O2S/c1-4-9-17(3)13-12(14(19)20-5-2)21-15(16-13)18-10-7-6-8-11-18/h4-11H2,1-3H3. The van der Waals surface area contributed by atoms with Gasteiger partial charge in [-0.15, -0.1) is 0 Å². The number of hydrogen-bond acceptors (Lipinski definition) is 6. The first-order valence-corrected chi connectivity index (χ1v) is 8.63. The average molecular weight is 311 g/mol. The zero-order valence-corrected chi connectivity index (χ0v) is 14.0. The lowest BCUT2D eigenvalue weighted by atomic mass is 10.1. The molecule has 0 N–H and O–H groups in total. The Morgan fingerprint density at radius 3 is 2.67 bits per heavy atom. The van der Waals surface area contributed by atoms with Crippen LogP contribution >= 0.6 is 11.3 Å². The lowest BCUT2D eigenvalue weighted by molar-refractivity contribution is 0.0532. The van der Waals surface area contributed by atoms with E-state index in [1.54, 1.807) is 0 Å². The fourth-order valence-corrected chi connectivity index (χ4v) is 3.61. The zero-order valence-electron chi connectivity index (χ0n) is 13.2. The van der Waals surface area contributed by atoms with Crippen LogP contribution < -0.4 is 9.80 Å². The number of thiazole rings is 1. The summed E-state index contributed by atoms with van der Waals surface area (Å²) in [7, 11) is 1.99. The van der Waals surface area contributed by atoms with E-state index in [-0.39, 0.29) is 5.97 Å². The van der Waals surface area contributed by atoms with Crippen molar-refractivity contribution in [3.8, 4) is 0 Å². The van der Waals surface area contributed by atoms with Gasteiger partial charge in [0.15, 0.2) is 15.8 Å². The Labute approximate surface area is 130 Å². The Bertz CT molecular complexity index is 469. The third-order valence-corrected chi connectivity index (χ3v) is 4.69. The Balaban J connectivity index is 2.26. The fraction of sp³-hybridized carbons (Fsp3) is 0.733. The Kier molecular flexibility index (Phi) is 5.85. The van der Waals surface area contributed by atoms with Crippen molar-refractivity contribution in [1.29, 1.82) is 0 Å². The first-order valence-electron chi connectivity index (χ1n) is 7.81. The van der Waals surface area contributed by atoms with Crippen LogP contribution in [0.2, 0.25) is 0 Å². The van der Waals surface area contributed by atoms with Crippen LogP contribution in [-0.2, 0) is 4.74 Å². The van der Waals surface area contributed by atoms with Crippen LogP contribution in [0.15, 0.2) is 0 Å². The van der Waals surface area contributed by atoms with E-state index >= 15 is 0 Å². The molecule has 1 aliphatic rings. The third-order valence-electron chi connectivity index (χ3n) is 3.61. The molecule has 0 amide bonds. The second-order valence-electron chi connectivity index (χ2n) is 5.34. The van der Waals surface area contributed by atoms with Crippen LogP contribution in [0.4, 0.5) is 10.9 Å². The van der Waals surface area contributed by atoms with Gasteiger partial charge in [-0.1, -0.05) is 18.3 Å². The third kappa shape index (κ3) is 3.87. The van der Waals surface area contributed by atoms with Gasteiger partial charge >= 0.3 is 5.97 Å². The number of carbonyl (C=O) groups excluding carboxylic acids is 1. The summed E-state index contributed by atoms with van der Waals surface area (Å²) in [6.45, 7) is 7.31. The molecule has 1 aromatic rings. The highest BCUT2D eigenvalue weighted by Gasteiger charge is 2.24. The molecule has 1 saturated heterocycles. The number of nitrogens with zero attached hydrogens (tertiary/aromatic N) is 3. The molecule has 5 nitrogen and oxygen atoms in total. The second kappa shape index (κ2) is 7.64. The van der Waals surface area contributed by atoms with E-state index < -0.39 is 0 Å². The van der Waals surface area contributed by atoms with Gasteiger partial charge in [-0.05, 0) is 32.6 Å². The van der Waals surface area contributed by atoms with E-state index in [1.165, 1.54) is 30.6 Å². The maximum absolute atomic E-state index is 12.2. The summed E-state index contributed by atoms with van der Waals surface area (Å²) in [4.78, 5) is 21.9. The second-order valence-corrected chi connectivity index (χ2v) is 6.32. The van der Waals surface area contributed by atoms with Gasteiger partial charge in [-0.25, -0.2) is 9.78 Å². The highest BCUT2D eigenvalue weighted by molar-refractivity contribution is 7.18. The first-order chi connectivity index (χ1) is 10.2. The van der Waals surface area contributed by atoms with Crippen LogP contribution in [-0.4, -0.2) is 44.2 Å². The van der Waals surface area contributed by atoms with Crippen LogP contribution in [0, 0.1) is 0 Å². The Morgan fingerprint density at radius 1 is 1.33 bits per heavy atom. The van der Waals surface area contributed by atoms with E-state index in [1.807, 2.05) is 14.0 Å². The normalized spacial score (nSPS) is 15.1. The smallest absolute Gasteiger partial charge is 0.352 e. The summed E-state index contributed by atoms with van der Waals surface area (Å²) >= 11 is 1.47. The molecule has 1 aliphatic heterocycles. The van der Waals surface area contributed by atoms with Gasteiger partial charge < -0.3 is 14.5 Å². The predicted molar refractivity (Wildman–Crippen MR) is 87.7 cm³/mol. The van der Waals surface area contributed by atoms with Crippen molar-refractivity contribution in [1.82, 2.24) is 4.98 Å². The lowest BCUT2D eigenvalue weighted by Crippen LogP contribution is -2.29. The summed E-state index contributed by atoms with van der Waals surface area (Å²) in [6, 6.07) is 0. The van der Waals surface area contributed by atoms with E-state index in [0.717, 1.165) is 37.0 Å². The number of aromatic nitrogens is 1. The summed E-state index contributed by atoms with van der Waals surface area (Å²) in [5.41, 5.74) is 0. The van der Waals surface area contributed by atoms with Gasteiger partial charge in [0.2, 0.25) is 0 Å². The first kappa shape index (κ1) is 16.1. The summed E-state index contributed by atoms with van der Waals surface area (Å²) < 4.78 is 5.18. The molecule has 0 bridgehead atoms. The maximum atomic E-state index is 12.2. The molecule has 21 heavy (non-hydrogen) atoms.